The number of fused-ring (bicyclic) bond motifs is 1. The summed E-state index contributed by atoms with van der Waals surface area (Å²) in [5.74, 6) is 1.08. The molecule has 0 amide bonds. The van der Waals surface area contributed by atoms with E-state index in [0.717, 1.165) is 4.47 Å². The number of halogens is 1. The third kappa shape index (κ3) is 1.37. The number of ether oxygens (including phenoxy) is 2. The Morgan fingerprint density at radius 3 is 2.86 bits per heavy atom. The Balaban J connectivity index is 2.57. The molecule has 1 aliphatic rings. The standard InChI is InChI=1S/C9H11BrN2O2/c1-4-3-13-9-7(12)5(10)2-6(11)8(9)14-4/h2,4H,3,11-12H2,1H3. The average molecular weight is 259 g/mol. The number of nitrogens with two attached hydrogens (primary N) is 2. The predicted octanol–water partition coefficient (Wildman–Crippen LogP) is 1.77. The molecular formula is C9H11BrN2O2. The van der Waals surface area contributed by atoms with E-state index in [1.54, 1.807) is 6.07 Å². The summed E-state index contributed by atoms with van der Waals surface area (Å²) in [5, 5.41) is 0. The first-order valence-electron chi connectivity index (χ1n) is 4.26. The van der Waals surface area contributed by atoms with Crippen LogP contribution in [0.1, 0.15) is 6.92 Å². The van der Waals surface area contributed by atoms with Gasteiger partial charge in [0, 0.05) is 4.47 Å². The topological polar surface area (TPSA) is 70.5 Å². The molecule has 0 bridgehead atoms. The van der Waals surface area contributed by atoms with Gasteiger partial charge >= 0.3 is 0 Å². The predicted molar refractivity (Wildman–Crippen MR) is 58.6 cm³/mol. The maximum Gasteiger partial charge on any atom is 0.187 e. The van der Waals surface area contributed by atoms with E-state index in [0.29, 0.717) is 29.5 Å². The van der Waals surface area contributed by atoms with Crippen molar-refractivity contribution in [3.63, 3.8) is 0 Å². The van der Waals surface area contributed by atoms with Crippen molar-refractivity contribution in [2.45, 2.75) is 13.0 Å². The molecule has 4 N–H and O–H groups in total. The van der Waals surface area contributed by atoms with Crippen LogP contribution in [0.5, 0.6) is 11.5 Å². The molecule has 1 aliphatic heterocycles. The lowest BCUT2D eigenvalue weighted by Gasteiger charge is -2.26. The van der Waals surface area contributed by atoms with Crippen LogP contribution in [0.2, 0.25) is 0 Å². The van der Waals surface area contributed by atoms with E-state index in [1.165, 1.54) is 0 Å². The van der Waals surface area contributed by atoms with Gasteiger partial charge in [0.1, 0.15) is 12.7 Å². The highest BCUT2D eigenvalue weighted by molar-refractivity contribution is 9.10. The highest BCUT2D eigenvalue weighted by atomic mass is 79.9. The van der Waals surface area contributed by atoms with Crippen molar-refractivity contribution in [3.8, 4) is 11.5 Å². The zero-order valence-electron chi connectivity index (χ0n) is 7.71. The number of rotatable bonds is 0. The first-order chi connectivity index (χ1) is 6.59. The number of hydrogen-bond donors (Lipinski definition) is 2. The molecule has 0 saturated heterocycles. The molecule has 1 aromatic rings. The van der Waals surface area contributed by atoms with E-state index in [2.05, 4.69) is 15.9 Å². The van der Waals surface area contributed by atoms with Crippen LogP contribution >= 0.6 is 15.9 Å². The average Bonchev–Trinajstić information content (AvgIpc) is 2.14. The van der Waals surface area contributed by atoms with Crippen LogP contribution in [0.3, 0.4) is 0 Å². The van der Waals surface area contributed by atoms with Gasteiger partial charge in [0.25, 0.3) is 0 Å². The molecule has 14 heavy (non-hydrogen) atoms. The molecule has 4 nitrogen and oxygen atoms in total. The first kappa shape index (κ1) is 9.45. The summed E-state index contributed by atoms with van der Waals surface area (Å²) in [6.45, 7) is 2.41. The zero-order valence-corrected chi connectivity index (χ0v) is 9.30. The molecule has 1 heterocycles. The largest absolute Gasteiger partial charge is 0.484 e. The highest BCUT2D eigenvalue weighted by Crippen LogP contribution is 2.45. The molecule has 0 aliphatic carbocycles. The Morgan fingerprint density at radius 2 is 2.14 bits per heavy atom. The van der Waals surface area contributed by atoms with Gasteiger partial charge in [-0.25, -0.2) is 0 Å². The Kier molecular flexibility index (Phi) is 2.19. The van der Waals surface area contributed by atoms with Gasteiger partial charge in [-0.05, 0) is 28.9 Å². The summed E-state index contributed by atoms with van der Waals surface area (Å²) in [4.78, 5) is 0. The molecule has 0 radical (unpaired) electrons. The van der Waals surface area contributed by atoms with Crippen LogP contribution in [-0.2, 0) is 0 Å². The molecule has 1 atom stereocenters. The lowest BCUT2D eigenvalue weighted by molar-refractivity contribution is 0.106. The fraction of sp³-hybridized carbons (Fsp3) is 0.333. The zero-order chi connectivity index (χ0) is 10.3. The van der Waals surface area contributed by atoms with Crippen molar-refractivity contribution in [2.75, 3.05) is 18.1 Å². The molecule has 0 spiro atoms. The Hall–Kier alpha value is -1.10. The summed E-state index contributed by atoms with van der Waals surface area (Å²) in [7, 11) is 0. The lowest BCUT2D eigenvalue weighted by Crippen LogP contribution is -2.27. The van der Waals surface area contributed by atoms with Gasteiger partial charge in [-0.1, -0.05) is 0 Å². The Morgan fingerprint density at radius 1 is 1.43 bits per heavy atom. The summed E-state index contributed by atoms with van der Waals surface area (Å²) < 4.78 is 11.7. The monoisotopic (exact) mass is 258 g/mol. The molecular weight excluding hydrogens is 248 g/mol. The molecule has 1 unspecified atom stereocenters. The van der Waals surface area contributed by atoms with Crippen molar-refractivity contribution in [3.05, 3.63) is 10.5 Å². The third-order valence-corrected chi connectivity index (χ3v) is 2.69. The van der Waals surface area contributed by atoms with E-state index < -0.39 is 0 Å². The minimum Gasteiger partial charge on any atom is -0.484 e. The number of nitrogen functional groups attached to an aromatic ring is 2. The molecule has 0 aromatic heterocycles. The summed E-state index contributed by atoms with van der Waals surface area (Å²) in [5.41, 5.74) is 12.7. The molecule has 5 heteroatoms. The first-order valence-corrected chi connectivity index (χ1v) is 5.05. The van der Waals surface area contributed by atoms with E-state index in [-0.39, 0.29) is 6.10 Å². The lowest BCUT2D eigenvalue weighted by atomic mass is 10.2. The second kappa shape index (κ2) is 3.24. The van der Waals surface area contributed by atoms with Gasteiger partial charge in [0.15, 0.2) is 11.5 Å². The van der Waals surface area contributed by atoms with Crippen LogP contribution < -0.4 is 20.9 Å². The van der Waals surface area contributed by atoms with Gasteiger partial charge in [-0.2, -0.15) is 0 Å². The van der Waals surface area contributed by atoms with Crippen LogP contribution in [0.25, 0.3) is 0 Å². The number of hydrogen-bond acceptors (Lipinski definition) is 4. The van der Waals surface area contributed by atoms with Gasteiger partial charge in [-0.3, -0.25) is 0 Å². The normalized spacial score (nSPS) is 19.4. The van der Waals surface area contributed by atoms with Crippen molar-refractivity contribution in [2.24, 2.45) is 0 Å². The second-order valence-corrected chi connectivity index (χ2v) is 4.11. The fourth-order valence-corrected chi connectivity index (χ4v) is 1.77. The number of anilines is 2. The van der Waals surface area contributed by atoms with Crippen molar-refractivity contribution < 1.29 is 9.47 Å². The number of benzene rings is 1. The quantitative estimate of drug-likeness (QED) is 0.696. The van der Waals surface area contributed by atoms with E-state index in [1.807, 2.05) is 6.92 Å². The third-order valence-electron chi connectivity index (χ3n) is 2.03. The van der Waals surface area contributed by atoms with Crippen LogP contribution in [0.4, 0.5) is 11.4 Å². The minimum atomic E-state index is 0.00498. The molecule has 1 aromatic carbocycles. The van der Waals surface area contributed by atoms with Crippen molar-refractivity contribution in [1.29, 1.82) is 0 Å². The fourth-order valence-electron chi connectivity index (χ4n) is 1.34. The molecule has 76 valence electrons. The van der Waals surface area contributed by atoms with Crippen molar-refractivity contribution in [1.82, 2.24) is 0 Å². The van der Waals surface area contributed by atoms with Crippen LogP contribution in [-0.4, -0.2) is 12.7 Å². The van der Waals surface area contributed by atoms with E-state index in [4.69, 9.17) is 20.9 Å². The maximum atomic E-state index is 5.81. The smallest absolute Gasteiger partial charge is 0.187 e. The second-order valence-electron chi connectivity index (χ2n) is 3.26. The minimum absolute atomic E-state index is 0.00498. The maximum absolute atomic E-state index is 5.81. The van der Waals surface area contributed by atoms with Crippen LogP contribution in [0, 0.1) is 0 Å². The van der Waals surface area contributed by atoms with E-state index in [9.17, 15) is 0 Å². The van der Waals surface area contributed by atoms with Crippen molar-refractivity contribution >= 4 is 27.3 Å². The van der Waals surface area contributed by atoms with Gasteiger partial charge in [0.05, 0.1) is 11.4 Å². The summed E-state index contributed by atoms with van der Waals surface area (Å²) in [6.07, 6.45) is 0.00498. The summed E-state index contributed by atoms with van der Waals surface area (Å²) >= 11 is 3.30. The van der Waals surface area contributed by atoms with Gasteiger partial charge in [0.2, 0.25) is 0 Å². The van der Waals surface area contributed by atoms with Gasteiger partial charge in [-0.15, -0.1) is 0 Å². The van der Waals surface area contributed by atoms with Gasteiger partial charge < -0.3 is 20.9 Å². The summed E-state index contributed by atoms with van der Waals surface area (Å²) in [6, 6.07) is 1.72. The van der Waals surface area contributed by atoms with E-state index >= 15 is 0 Å². The van der Waals surface area contributed by atoms with Crippen LogP contribution in [0.15, 0.2) is 10.5 Å². The molecule has 0 fully saturated rings. The highest BCUT2D eigenvalue weighted by Gasteiger charge is 2.23. The molecule has 2 rings (SSSR count). The SMILES string of the molecule is CC1COc2c(N)c(Br)cc(N)c2O1. The Bertz CT molecular complexity index is 382. The Labute approximate surface area is 90.3 Å². The molecule has 0 saturated carbocycles.